The highest BCUT2D eigenvalue weighted by Crippen LogP contribution is 1.87. The zero-order valence-corrected chi connectivity index (χ0v) is 4.85. The number of hydrogen-bond donors (Lipinski definition) is 0. The van der Waals surface area contributed by atoms with Gasteiger partial charge in [-0.05, 0) is 6.42 Å². The van der Waals surface area contributed by atoms with Crippen LogP contribution in [-0.4, -0.2) is 19.7 Å². The van der Waals surface area contributed by atoms with Crippen molar-refractivity contribution in [1.29, 1.82) is 0 Å². The average molecular weight is 117 g/mol. The van der Waals surface area contributed by atoms with Crippen LogP contribution >= 0.6 is 0 Å². The second-order valence-electron chi connectivity index (χ2n) is 1.47. The molecule has 0 spiro atoms. The molecule has 0 fully saturated rings. The van der Waals surface area contributed by atoms with Crippen LogP contribution in [0.2, 0.25) is 0 Å². The molecule has 0 aromatic heterocycles. The first kappa shape index (κ1) is 7.43. The Labute approximate surface area is 48.3 Å². The molecule has 0 saturated carbocycles. The second kappa shape index (κ2) is 4.59. The van der Waals surface area contributed by atoms with Crippen molar-refractivity contribution in [2.75, 3.05) is 13.7 Å². The number of hydrogen-bond acceptors (Lipinski definition) is 2. The van der Waals surface area contributed by atoms with Crippen LogP contribution in [0.25, 0.3) is 0 Å². The number of carbonyl (C=O) groups excluding carboxylic acids is 1. The van der Waals surface area contributed by atoms with Gasteiger partial charge < -0.3 is 4.74 Å². The van der Waals surface area contributed by atoms with Gasteiger partial charge in [-0.25, -0.2) is 9.90 Å². The van der Waals surface area contributed by atoms with Crippen LogP contribution in [-0.2, 0) is 14.6 Å². The summed E-state index contributed by atoms with van der Waals surface area (Å²) < 4.78 is 4.60. The lowest BCUT2D eigenvalue weighted by Crippen LogP contribution is -1.95. The topological polar surface area (TPSA) is 46.2 Å². The fourth-order valence-electron chi connectivity index (χ4n) is 0.361. The van der Waals surface area contributed by atoms with E-state index in [-0.39, 0.29) is 6.42 Å². The summed E-state index contributed by atoms with van der Waals surface area (Å²) >= 11 is 0. The molecular weight excluding hydrogens is 108 g/mol. The van der Waals surface area contributed by atoms with Crippen LogP contribution in [0, 0.1) is 0 Å². The van der Waals surface area contributed by atoms with Gasteiger partial charge >= 0.3 is 5.97 Å². The largest absolute Gasteiger partial charge is 0.385 e. The van der Waals surface area contributed by atoms with Gasteiger partial charge in [-0.3, -0.25) is 0 Å². The summed E-state index contributed by atoms with van der Waals surface area (Å²) in [5.41, 5.74) is 0. The molecule has 0 aliphatic carbocycles. The van der Waals surface area contributed by atoms with Crippen LogP contribution in [0.5, 0.6) is 0 Å². The highest BCUT2D eigenvalue weighted by Gasteiger charge is 1.96. The molecule has 0 aliphatic heterocycles. The number of carbonyl (C=O) groups is 1. The van der Waals surface area contributed by atoms with Gasteiger partial charge in [0.15, 0.2) is 0 Å². The molecule has 3 heteroatoms. The molecule has 47 valence electrons. The van der Waals surface area contributed by atoms with Crippen molar-refractivity contribution >= 4 is 5.97 Å². The first-order valence-electron chi connectivity index (χ1n) is 2.46. The highest BCUT2D eigenvalue weighted by molar-refractivity contribution is 5.66. The smallest absolute Gasteiger partial charge is 0.355 e. The third-order valence-electron chi connectivity index (χ3n) is 0.729. The molecule has 0 atom stereocenters. The Morgan fingerprint density at radius 3 is 2.62 bits per heavy atom. The molecule has 0 saturated heterocycles. The second-order valence-corrected chi connectivity index (χ2v) is 1.47. The van der Waals surface area contributed by atoms with E-state index < -0.39 is 5.97 Å². The van der Waals surface area contributed by atoms with E-state index in [1.165, 1.54) is 7.11 Å². The maximum atomic E-state index is 9.71. The van der Waals surface area contributed by atoms with E-state index in [0.29, 0.717) is 13.0 Å². The summed E-state index contributed by atoms with van der Waals surface area (Å²) in [5.74, 6) is -1.01. The minimum Gasteiger partial charge on any atom is -0.385 e. The lowest BCUT2D eigenvalue weighted by atomic mass is 10.3. The Morgan fingerprint density at radius 1 is 1.62 bits per heavy atom. The molecule has 0 N–H and O–H groups in total. The minimum atomic E-state index is -1.01. The summed E-state index contributed by atoms with van der Waals surface area (Å²) in [5, 5.41) is 9.71. The quantitative estimate of drug-likeness (QED) is 0.499. The predicted molar refractivity (Wildman–Crippen MR) is 26.8 cm³/mol. The summed E-state index contributed by atoms with van der Waals surface area (Å²) in [4.78, 5) is 9.71. The first-order chi connectivity index (χ1) is 3.77. The van der Waals surface area contributed by atoms with E-state index in [1.807, 2.05) is 0 Å². The molecule has 0 unspecified atom stereocenters. The maximum absolute atomic E-state index is 9.71. The monoisotopic (exact) mass is 117 g/mol. The Kier molecular flexibility index (Phi) is 4.26. The number of rotatable bonds is 4. The predicted octanol–water partition coefficient (Wildman–Crippen LogP) is 0.370. The van der Waals surface area contributed by atoms with Gasteiger partial charge in [0.25, 0.3) is 0 Å². The van der Waals surface area contributed by atoms with E-state index in [4.69, 9.17) is 0 Å². The number of methoxy groups -OCH3 is 1. The SMILES string of the molecule is COCCCC([O])=O. The summed E-state index contributed by atoms with van der Waals surface area (Å²) in [6, 6.07) is 0. The summed E-state index contributed by atoms with van der Waals surface area (Å²) in [6.07, 6.45) is 0.632. The molecule has 0 aromatic carbocycles. The minimum absolute atomic E-state index is 0.0911. The summed E-state index contributed by atoms with van der Waals surface area (Å²) in [7, 11) is 1.54. The van der Waals surface area contributed by atoms with E-state index in [9.17, 15) is 9.90 Å². The van der Waals surface area contributed by atoms with Crippen LogP contribution < -0.4 is 0 Å². The Hall–Kier alpha value is -0.570. The summed E-state index contributed by atoms with van der Waals surface area (Å²) in [6.45, 7) is 0.494. The fraction of sp³-hybridized carbons (Fsp3) is 0.800. The average Bonchev–Trinajstić information content (AvgIpc) is 1.66. The molecule has 0 heterocycles. The third-order valence-corrected chi connectivity index (χ3v) is 0.729. The molecular formula is C5H9O3. The van der Waals surface area contributed by atoms with Crippen molar-refractivity contribution in [2.24, 2.45) is 0 Å². The molecule has 3 nitrogen and oxygen atoms in total. The zero-order valence-electron chi connectivity index (χ0n) is 4.85. The molecule has 0 rings (SSSR count). The fourth-order valence-corrected chi connectivity index (χ4v) is 0.361. The van der Waals surface area contributed by atoms with Gasteiger partial charge in [0.2, 0.25) is 0 Å². The molecule has 0 aromatic rings. The molecule has 1 radical (unpaired) electrons. The first-order valence-corrected chi connectivity index (χ1v) is 2.46. The molecule has 8 heavy (non-hydrogen) atoms. The Bertz CT molecular complexity index is 70.1. The van der Waals surface area contributed by atoms with Crippen molar-refractivity contribution in [3.8, 4) is 0 Å². The van der Waals surface area contributed by atoms with Crippen LogP contribution in [0.15, 0.2) is 0 Å². The Morgan fingerprint density at radius 2 is 2.25 bits per heavy atom. The van der Waals surface area contributed by atoms with Gasteiger partial charge in [-0.15, -0.1) is 0 Å². The van der Waals surface area contributed by atoms with Gasteiger partial charge in [-0.1, -0.05) is 0 Å². The van der Waals surface area contributed by atoms with Gasteiger partial charge in [0, 0.05) is 13.7 Å². The third kappa shape index (κ3) is 5.43. The standard InChI is InChI=1S/C5H9O3/c1-8-4-2-3-5(6)7/h2-4H2,1H3. The lowest BCUT2D eigenvalue weighted by Gasteiger charge is -1.90. The maximum Gasteiger partial charge on any atom is 0.355 e. The molecule has 0 amide bonds. The van der Waals surface area contributed by atoms with Crippen molar-refractivity contribution in [3.63, 3.8) is 0 Å². The zero-order chi connectivity index (χ0) is 6.41. The van der Waals surface area contributed by atoms with Crippen molar-refractivity contribution in [1.82, 2.24) is 0 Å². The van der Waals surface area contributed by atoms with Gasteiger partial charge in [-0.2, -0.15) is 0 Å². The molecule has 0 bridgehead atoms. The van der Waals surface area contributed by atoms with Crippen molar-refractivity contribution in [3.05, 3.63) is 0 Å². The van der Waals surface area contributed by atoms with E-state index in [1.54, 1.807) is 0 Å². The lowest BCUT2D eigenvalue weighted by molar-refractivity contribution is -0.143. The normalized spacial score (nSPS) is 9.12. The van der Waals surface area contributed by atoms with E-state index >= 15 is 0 Å². The Balaban J connectivity index is 2.82. The highest BCUT2D eigenvalue weighted by atomic mass is 16.5. The van der Waals surface area contributed by atoms with E-state index in [0.717, 1.165) is 0 Å². The molecule has 0 aliphatic rings. The van der Waals surface area contributed by atoms with Crippen molar-refractivity contribution in [2.45, 2.75) is 12.8 Å². The van der Waals surface area contributed by atoms with Crippen molar-refractivity contribution < 1.29 is 14.6 Å². The van der Waals surface area contributed by atoms with Crippen LogP contribution in [0.1, 0.15) is 12.8 Å². The number of ether oxygens (including phenoxy) is 1. The van der Waals surface area contributed by atoms with Gasteiger partial charge in [0.05, 0.1) is 6.42 Å². The van der Waals surface area contributed by atoms with Crippen LogP contribution in [0.3, 0.4) is 0 Å². The van der Waals surface area contributed by atoms with Crippen LogP contribution in [0.4, 0.5) is 0 Å². The van der Waals surface area contributed by atoms with Gasteiger partial charge in [0.1, 0.15) is 0 Å². The van der Waals surface area contributed by atoms with E-state index in [2.05, 4.69) is 4.74 Å².